The number of benzene rings is 2. The number of rotatable bonds is 3. The van der Waals surface area contributed by atoms with Crippen molar-refractivity contribution in [2.75, 3.05) is 6.54 Å². The van der Waals surface area contributed by atoms with E-state index in [0.29, 0.717) is 26.9 Å². The van der Waals surface area contributed by atoms with Crippen molar-refractivity contribution >= 4 is 35.2 Å². The van der Waals surface area contributed by atoms with Crippen LogP contribution in [0, 0.1) is 0 Å². The molecule has 1 aliphatic heterocycles. The van der Waals surface area contributed by atoms with E-state index in [-0.39, 0.29) is 12.5 Å². The zero-order valence-electron chi connectivity index (χ0n) is 15.6. The highest BCUT2D eigenvalue weighted by Crippen LogP contribution is 2.38. The molecule has 2 N–H and O–H groups in total. The van der Waals surface area contributed by atoms with E-state index in [0.717, 1.165) is 5.56 Å². The molecule has 28 heavy (non-hydrogen) atoms. The van der Waals surface area contributed by atoms with E-state index in [2.05, 4.69) is 10.6 Å². The fourth-order valence-electron chi connectivity index (χ4n) is 2.71. The van der Waals surface area contributed by atoms with Crippen LogP contribution < -0.4 is 15.4 Å². The minimum atomic E-state index is -0.741. The Morgan fingerprint density at radius 1 is 1.14 bits per heavy atom. The monoisotopic (exact) mass is 422 g/mol. The van der Waals surface area contributed by atoms with E-state index in [9.17, 15) is 9.59 Å². The number of carbonyl (C=O) groups is 2. The van der Waals surface area contributed by atoms with Crippen LogP contribution in [-0.2, 0) is 4.74 Å². The van der Waals surface area contributed by atoms with Crippen LogP contribution in [-0.4, -0.2) is 30.4 Å². The smallest absolute Gasteiger partial charge is 0.407 e. The van der Waals surface area contributed by atoms with E-state index in [1.165, 1.54) is 0 Å². The molecule has 1 atom stereocenters. The Bertz CT molecular complexity index is 925. The van der Waals surface area contributed by atoms with Gasteiger partial charge >= 0.3 is 6.09 Å². The Morgan fingerprint density at radius 3 is 2.54 bits per heavy atom. The van der Waals surface area contributed by atoms with Gasteiger partial charge in [0.2, 0.25) is 0 Å². The van der Waals surface area contributed by atoms with Crippen LogP contribution in [0.2, 0.25) is 10.0 Å². The summed E-state index contributed by atoms with van der Waals surface area (Å²) in [5.41, 5.74) is 1.08. The average Bonchev–Trinajstić information content (AvgIpc) is 2.59. The van der Waals surface area contributed by atoms with Gasteiger partial charge in [-0.3, -0.25) is 4.79 Å². The number of hydrogen-bond acceptors (Lipinski definition) is 4. The third-order valence-electron chi connectivity index (χ3n) is 3.87. The number of ether oxygens (including phenoxy) is 2. The van der Waals surface area contributed by atoms with Crippen molar-refractivity contribution in [3.63, 3.8) is 0 Å². The first-order valence-corrected chi connectivity index (χ1v) is 9.42. The van der Waals surface area contributed by atoms with E-state index in [4.69, 9.17) is 32.7 Å². The topological polar surface area (TPSA) is 76.7 Å². The van der Waals surface area contributed by atoms with E-state index in [1.807, 2.05) is 18.2 Å². The fraction of sp³-hybridized carbons (Fsp3) is 0.300. The maximum absolute atomic E-state index is 12.5. The number of amides is 2. The second kappa shape index (κ2) is 7.89. The van der Waals surface area contributed by atoms with Gasteiger partial charge in [-0.25, -0.2) is 4.79 Å². The van der Waals surface area contributed by atoms with Crippen molar-refractivity contribution in [2.24, 2.45) is 0 Å². The molecular formula is C20H20Cl2N2O4. The molecule has 148 valence electrons. The molecule has 2 aromatic carbocycles. The molecule has 0 fully saturated rings. The molecule has 0 radical (unpaired) electrons. The molecule has 3 rings (SSSR count). The Kier molecular flexibility index (Phi) is 5.72. The summed E-state index contributed by atoms with van der Waals surface area (Å²) < 4.78 is 10.9. The molecule has 1 heterocycles. The summed E-state index contributed by atoms with van der Waals surface area (Å²) in [6.45, 7) is 5.34. The molecule has 2 amide bonds. The van der Waals surface area contributed by atoms with Gasteiger partial charge in [-0.05, 0) is 32.9 Å². The van der Waals surface area contributed by atoms with Crippen LogP contribution >= 0.6 is 23.2 Å². The van der Waals surface area contributed by atoms with Gasteiger partial charge in [-0.15, -0.1) is 0 Å². The summed E-state index contributed by atoms with van der Waals surface area (Å²) >= 11 is 12.7. The molecule has 1 aliphatic rings. The maximum Gasteiger partial charge on any atom is 0.407 e. The van der Waals surface area contributed by atoms with Crippen LogP contribution in [0.1, 0.15) is 31.1 Å². The molecule has 0 bridgehead atoms. The van der Waals surface area contributed by atoms with Gasteiger partial charge in [0.15, 0.2) is 6.23 Å². The lowest BCUT2D eigenvalue weighted by molar-refractivity contribution is 0.0468. The van der Waals surface area contributed by atoms with Gasteiger partial charge in [-0.2, -0.15) is 0 Å². The Hall–Kier alpha value is -2.44. The number of fused-ring (bicyclic) bond motifs is 1. The van der Waals surface area contributed by atoms with E-state index >= 15 is 0 Å². The highest BCUT2D eigenvalue weighted by Gasteiger charge is 2.28. The first kappa shape index (κ1) is 20.3. The summed E-state index contributed by atoms with van der Waals surface area (Å²) in [7, 11) is 0. The molecule has 0 spiro atoms. The predicted octanol–water partition coefficient (Wildman–Crippen LogP) is 4.63. The molecule has 0 saturated heterocycles. The molecule has 1 unspecified atom stereocenters. The molecule has 0 saturated carbocycles. The van der Waals surface area contributed by atoms with Crippen LogP contribution in [0.5, 0.6) is 5.75 Å². The number of carbonyl (C=O) groups excluding carboxylic acids is 2. The average molecular weight is 423 g/mol. The summed E-state index contributed by atoms with van der Waals surface area (Å²) in [6, 6.07) is 10.5. The lowest BCUT2D eigenvalue weighted by Crippen LogP contribution is -2.50. The quantitative estimate of drug-likeness (QED) is 0.755. The minimum Gasteiger partial charge on any atom is -0.468 e. The standard InChI is InChI=1S/C20H20Cl2N2O4/c1-20(2,3)28-19(26)23-10-17-24-18(25)13-8-12(15(22)9-16(13)27-17)11-6-4-5-7-14(11)21/h4-9,17H,10H2,1-3H3,(H,23,26)(H,24,25). The lowest BCUT2D eigenvalue weighted by Gasteiger charge is -2.28. The highest BCUT2D eigenvalue weighted by molar-refractivity contribution is 6.36. The zero-order valence-corrected chi connectivity index (χ0v) is 17.1. The van der Waals surface area contributed by atoms with Crippen molar-refractivity contribution in [2.45, 2.75) is 32.6 Å². The first-order valence-electron chi connectivity index (χ1n) is 8.67. The van der Waals surface area contributed by atoms with Crippen LogP contribution in [0.4, 0.5) is 4.79 Å². The Morgan fingerprint density at radius 2 is 1.86 bits per heavy atom. The van der Waals surface area contributed by atoms with Crippen LogP contribution in [0.15, 0.2) is 36.4 Å². The highest BCUT2D eigenvalue weighted by atomic mass is 35.5. The first-order chi connectivity index (χ1) is 13.1. The SMILES string of the molecule is CC(C)(C)OC(=O)NCC1NC(=O)c2cc(-c3ccccc3Cl)c(Cl)cc2O1. The van der Waals surface area contributed by atoms with Gasteiger partial charge in [-0.1, -0.05) is 41.4 Å². The number of hydrogen-bond donors (Lipinski definition) is 2. The molecule has 0 aromatic heterocycles. The Labute approximate surface area is 173 Å². The van der Waals surface area contributed by atoms with Crippen molar-refractivity contribution in [3.8, 4) is 16.9 Å². The molecule has 2 aromatic rings. The summed E-state index contributed by atoms with van der Waals surface area (Å²) in [5.74, 6) is 0.00255. The molecular weight excluding hydrogens is 403 g/mol. The number of alkyl carbamates (subject to hydrolysis) is 1. The zero-order chi connectivity index (χ0) is 20.5. The summed E-state index contributed by atoms with van der Waals surface area (Å²) in [5, 5.41) is 6.20. The number of halogens is 2. The lowest BCUT2D eigenvalue weighted by atomic mass is 10.0. The minimum absolute atomic E-state index is 0.0456. The second-order valence-electron chi connectivity index (χ2n) is 7.27. The van der Waals surface area contributed by atoms with Gasteiger partial charge in [0.1, 0.15) is 11.4 Å². The molecule has 0 aliphatic carbocycles. The van der Waals surface area contributed by atoms with Crippen LogP contribution in [0.25, 0.3) is 11.1 Å². The van der Waals surface area contributed by atoms with Gasteiger partial charge in [0.05, 0.1) is 17.1 Å². The summed E-state index contributed by atoms with van der Waals surface area (Å²) in [4.78, 5) is 24.3. The van der Waals surface area contributed by atoms with E-state index in [1.54, 1.807) is 39.0 Å². The number of nitrogens with one attached hydrogen (secondary N) is 2. The largest absolute Gasteiger partial charge is 0.468 e. The molecule has 6 nitrogen and oxygen atoms in total. The normalized spacial score (nSPS) is 15.9. The van der Waals surface area contributed by atoms with Crippen molar-refractivity contribution in [3.05, 3.63) is 52.0 Å². The van der Waals surface area contributed by atoms with Gasteiger partial charge in [0, 0.05) is 22.2 Å². The predicted molar refractivity (Wildman–Crippen MR) is 108 cm³/mol. The van der Waals surface area contributed by atoms with Crippen molar-refractivity contribution in [1.82, 2.24) is 10.6 Å². The maximum atomic E-state index is 12.5. The van der Waals surface area contributed by atoms with E-state index < -0.39 is 17.9 Å². The third-order valence-corrected chi connectivity index (χ3v) is 4.51. The van der Waals surface area contributed by atoms with Crippen molar-refractivity contribution < 1.29 is 19.1 Å². The third kappa shape index (κ3) is 4.69. The van der Waals surface area contributed by atoms with Gasteiger partial charge < -0.3 is 20.1 Å². The summed E-state index contributed by atoms with van der Waals surface area (Å²) in [6.07, 6.45) is -1.34. The van der Waals surface area contributed by atoms with Crippen LogP contribution in [0.3, 0.4) is 0 Å². The molecule has 8 heteroatoms. The Balaban J connectivity index is 1.77. The van der Waals surface area contributed by atoms with Crippen molar-refractivity contribution in [1.29, 1.82) is 0 Å². The fourth-order valence-corrected chi connectivity index (χ4v) is 3.20. The van der Waals surface area contributed by atoms with Gasteiger partial charge in [0.25, 0.3) is 5.91 Å². The second-order valence-corrected chi connectivity index (χ2v) is 8.09.